The molecule has 1 N–H and O–H groups in total. The number of likely N-dealkylation sites (N-methyl/N-ethyl adjacent to an activating group) is 1. The molecule has 0 fully saturated rings. The standard InChI is InChI=1S/C21H22N4O2/c1-25(2)12-11-22-21-16-5-3-4-6-17(16)23-20(24-21)10-8-15-7-9-18-19(13-15)27-14-26-18/h3-10,13H,11-12,14H2,1-2H3,(H,22,23,24)/b10-8+. The van der Waals surface area contributed by atoms with Crippen molar-refractivity contribution in [3.05, 3.63) is 53.9 Å². The van der Waals surface area contributed by atoms with Crippen LogP contribution in [0.4, 0.5) is 5.82 Å². The summed E-state index contributed by atoms with van der Waals surface area (Å²) >= 11 is 0. The lowest BCUT2D eigenvalue weighted by molar-refractivity contribution is 0.174. The lowest BCUT2D eigenvalue weighted by Gasteiger charge is -2.12. The largest absolute Gasteiger partial charge is 0.454 e. The van der Waals surface area contributed by atoms with Gasteiger partial charge in [-0.05, 0) is 50.0 Å². The van der Waals surface area contributed by atoms with Gasteiger partial charge in [-0.1, -0.05) is 24.3 Å². The summed E-state index contributed by atoms with van der Waals surface area (Å²) in [5, 5.41) is 4.45. The van der Waals surface area contributed by atoms with Gasteiger partial charge in [0, 0.05) is 18.5 Å². The highest BCUT2D eigenvalue weighted by atomic mass is 16.7. The summed E-state index contributed by atoms with van der Waals surface area (Å²) in [6.07, 6.45) is 3.90. The summed E-state index contributed by atoms with van der Waals surface area (Å²) in [6.45, 7) is 2.03. The molecule has 2 heterocycles. The van der Waals surface area contributed by atoms with Crippen molar-refractivity contribution in [2.75, 3.05) is 39.3 Å². The number of para-hydroxylation sites is 1. The van der Waals surface area contributed by atoms with Crippen LogP contribution in [0.2, 0.25) is 0 Å². The van der Waals surface area contributed by atoms with Crippen LogP contribution in [-0.2, 0) is 0 Å². The van der Waals surface area contributed by atoms with E-state index < -0.39 is 0 Å². The molecule has 0 saturated heterocycles. The molecule has 3 aromatic rings. The first-order valence-electron chi connectivity index (χ1n) is 8.92. The topological polar surface area (TPSA) is 59.5 Å². The van der Waals surface area contributed by atoms with Gasteiger partial charge < -0.3 is 19.7 Å². The summed E-state index contributed by atoms with van der Waals surface area (Å²) in [7, 11) is 4.11. The van der Waals surface area contributed by atoms with Crippen molar-refractivity contribution in [2.24, 2.45) is 0 Å². The van der Waals surface area contributed by atoms with E-state index >= 15 is 0 Å². The van der Waals surface area contributed by atoms with Crippen LogP contribution >= 0.6 is 0 Å². The van der Waals surface area contributed by atoms with Crippen molar-refractivity contribution >= 4 is 28.9 Å². The molecule has 0 saturated carbocycles. The van der Waals surface area contributed by atoms with Crippen LogP contribution in [-0.4, -0.2) is 48.8 Å². The van der Waals surface area contributed by atoms with E-state index in [1.807, 2.05) is 54.6 Å². The minimum atomic E-state index is 0.276. The summed E-state index contributed by atoms with van der Waals surface area (Å²) in [6, 6.07) is 13.9. The molecule has 0 unspecified atom stereocenters. The van der Waals surface area contributed by atoms with Gasteiger partial charge in [-0.3, -0.25) is 0 Å². The zero-order chi connectivity index (χ0) is 18.6. The molecule has 0 spiro atoms. The Labute approximate surface area is 158 Å². The Bertz CT molecular complexity index is 985. The molecule has 0 radical (unpaired) electrons. The van der Waals surface area contributed by atoms with Gasteiger partial charge in [0.25, 0.3) is 0 Å². The first-order chi connectivity index (χ1) is 13.2. The van der Waals surface area contributed by atoms with Crippen LogP contribution in [0.3, 0.4) is 0 Å². The maximum absolute atomic E-state index is 5.43. The number of anilines is 1. The van der Waals surface area contributed by atoms with E-state index in [4.69, 9.17) is 14.5 Å². The van der Waals surface area contributed by atoms with E-state index in [9.17, 15) is 0 Å². The van der Waals surface area contributed by atoms with E-state index in [2.05, 4.69) is 29.3 Å². The van der Waals surface area contributed by atoms with Crippen molar-refractivity contribution < 1.29 is 9.47 Å². The van der Waals surface area contributed by atoms with Gasteiger partial charge in [0.2, 0.25) is 6.79 Å². The molecule has 1 aromatic heterocycles. The fourth-order valence-electron chi connectivity index (χ4n) is 2.89. The Hall–Kier alpha value is -3.12. The second-order valence-electron chi connectivity index (χ2n) is 6.62. The molecule has 0 atom stereocenters. The first-order valence-corrected chi connectivity index (χ1v) is 8.92. The highest BCUT2D eigenvalue weighted by Crippen LogP contribution is 2.33. The summed E-state index contributed by atoms with van der Waals surface area (Å²) in [5.41, 5.74) is 1.93. The van der Waals surface area contributed by atoms with Crippen molar-refractivity contribution in [1.82, 2.24) is 14.9 Å². The molecule has 4 rings (SSSR count). The first kappa shape index (κ1) is 17.3. The number of hydrogen-bond acceptors (Lipinski definition) is 6. The highest BCUT2D eigenvalue weighted by molar-refractivity contribution is 5.90. The van der Waals surface area contributed by atoms with E-state index in [-0.39, 0.29) is 6.79 Å². The zero-order valence-corrected chi connectivity index (χ0v) is 15.5. The number of ether oxygens (including phenoxy) is 2. The molecular weight excluding hydrogens is 340 g/mol. The predicted molar refractivity (Wildman–Crippen MR) is 108 cm³/mol. The van der Waals surface area contributed by atoms with Gasteiger partial charge >= 0.3 is 0 Å². The number of fused-ring (bicyclic) bond motifs is 2. The van der Waals surface area contributed by atoms with Crippen molar-refractivity contribution in [3.8, 4) is 11.5 Å². The van der Waals surface area contributed by atoms with Gasteiger partial charge in [0.05, 0.1) is 5.52 Å². The molecule has 27 heavy (non-hydrogen) atoms. The van der Waals surface area contributed by atoms with Gasteiger partial charge in [0.15, 0.2) is 17.3 Å². The third-order valence-electron chi connectivity index (χ3n) is 4.29. The number of rotatable bonds is 6. The second-order valence-corrected chi connectivity index (χ2v) is 6.62. The Morgan fingerprint density at radius 2 is 1.89 bits per heavy atom. The number of nitrogens with one attached hydrogen (secondary N) is 1. The third kappa shape index (κ3) is 4.01. The monoisotopic (exact) mass is 362 g/mol. The van der Waals surface area contributed by atoms with Crippen LogP contribution in [0.25, 0.3) is 23.1 Å². The normalized spacial score (nSPS) is 13.0. The zero-order valence-electron chi connectivity index (χ0n) is 15.5. The molecule has 6 nitrogen and oxygen atoms in total. The van der Waals surface area contributed by atoms with Gasteiger partial charge in [-0.15, -0.1) is 0 Å². The summed E-state index contributed by atoms with van der Waals surface area (Å²) < 4.78 is 10.8. The molecule has 6 heteroatoms. The van der Waals surface area contributed by atoms with Gasteiger partial charge in [0.1, 0.15) is 5.82 Å². The van der Waals surface area contributed by atoms with Crippen molar-refractivity contribution in [3.63, 3.8) is 0 Å². The Balaban J connectivity index is 1.61. The van der Waals surface area contributed by atoms with Gasteiger partial charge in [-0.25, -0.2) is 9.97 Å². The van der Waals surface area contributed by atoms with Crippen LogP contribution in [0.5, 0.6) is 11.5 Å². The fourth-order valence-corrected chi connectivity index (χ4v) is 2.89. The average Bonchev–Trinajstić information content (AvgIpc) is 3.14. The SMILES string of the molecule is CN(C)CCNc1nc(/C=C/c2ccc3c(c2)OCO3)nc2ccccc12. The predicted octanol–water partition coefficient (Wildman–Crippen LogP) is 3.50. The lowest BCUT2D eigenvalue weighted by atomic mass is 10.2. The van der Waals surface area contributed by atoms with E-state index in [0.717, 1.165) is 46.9 Å². The molecule has 138 valence electrons. The summed E-state index contributed by atoms with van der Waals surface area (Å²) in [5.74, 6) is 3.07. The van der Waals surface area contributed by atoms with E-state index in [1.165, 1.54) is 0 Å². The Morgan fingerprint density at radius 3 is 2.78 bits per heavy atom. The maximum atomic E-state index is 5.43. The minimum absolute atomic E-state index is 0.276. The van der Waals surface area contributed by atoms with Crippen molar-refractivity contribution in [1.29, 1.82) is 0 Å². The average molecular weight is 362 g/mol. The van der Waals surface area contributed by atoms with E-state index in [0.29, 0.717) is 5.82 Å². The number of benzene rings is 2. The molecule has 0 bridgehead atoms. The number of hydrogen-bond donors (Lipinski definition) is 1. The highest BCUT2D eigenvalue weighted by Gasteiger charge is 2.12. The molecule has 1 aliphatic heterocycles. The Kier molecular flexibility index (Phi) is 4.89. The Morgan fingerprint density at radius 1 is 1.04 bits per heavy atom. The summed E-state index contributed by atoms with van der Waals surface area (Å²) in [4.78, 5) is 11.5. The molecule has 0 aliphatic carbocycles. The lowest BCUT2D eigenvalue weighted by Crippen LogP contribution is -2.21. The van der Waals surface area contributed by atoms with Crippen LogP contribution in [0, 0.1) is 0 Å². The molecule has 0 amide bonds. The second kappa shape index (κ2) is 7.63. The van der Waals surface area contributed by atoms with Crippen LogP contribution in [0.1, 0.15) is 11.4 Å². The number of aromatic nitrogens is 2. The molecular formula is C21H22N4O2. The van der Waals surface area contributed by atoms with E-state index in [1.54, 1.807) is 0 Å². The van der Waals surface area contributed by atoms with Crippen LogP contribution < -0.4 is 14.8 Å². The smallest absolute Gasteiger partial charge is 0.231 e. The number of nitrogens with zero attached hydrogens (tertiary/aromatic N) is 3. The fraction of sp³-hybridized carbons (Fsp3) is 0.238. The van der Waals surface area contributed by atoms with Gasteiger partial charge in [-0.2, -0.15) is 0 Å². The maximum Gasteiger partial charge on any atom is 0.231 e. The molecule has 2 aromatic carbocycles. The van der Waals surface area contributed by atoms with Crippen molar-refractivity contribution in [2.45, 2.75) is 0 Å². The molecule has 1 aliphatic rings. The third-order valence-corrected chi connectivity index (χ3v) is 4.29. The minimum Gasteiger partial charge on any atom is -0.454 e. The quantitative estimate of drug-likeness (QED) is 0.724. The van der Waals surface area contributed by atoms with Crippen LogP contribution in [0.15, 0.2) is 42.5 Å².